The minimum Gasteiger partial charge on any atom is -0.466 e. The fourth-order valence-electron chi connectivity index (χ4n) is 6.51. The van der Waals surface area contributed by atoms with Crippen LogP contribution in [0.15, 0.2) is 107 Å². The smallest absolute Gasteiger partial charge is 0.357 e. The van der Waals surface area contributed by atoms with Crippen LogP contribution in [0.4, 0.5) is 0 Å². The molecule has 4 heterocycles. The first-order chi connectivity index (χ1) is 23.2. The largest absolute Gasteiger partial charge is 0.466 e. The third-order valence-corrected chi connectivity index (χ3v) is 8.41. The van der Waals surface area contributed by atoms with Gasteiger partial charge in [0.2, 0.25) is 0 Å². The van der Waals surface area contributed by atoms with Crippen LogP contribution in [0.2, 0.25) is 0 Å². The number of fused-ring (bicyclic) bond motifs is 5. The second-order valence-corrected chi connectivity index (χ2v) is 10.8. The molecule has 1 unspecified atom stereocenters. The minimum atomic E-state index is -2.03. The lowest BCUT2D eigenvalue weighted by molar-refractivity contribution is -0.145. The fourth-order valence-corrected chi connectivity index (χ4v) is 6.51. The molecule has 4 aromatic rings. The zero-order valence-corrected chi connectivity index (χ0v) is 26.6. The Balaban J connectivity index is 2.01. The number of nitriles is 1. The van der Waals surface area contributed by atoms with Crippen LogP contribution < -0.4 is 0 Å². The predicted molar refractivity (Wildman–Crippen MR) is 170 cm³/mol. The van der Waals surface area contributed by atoms with Crippen molar-refractivity contribution in [3.05, 3.63) is 135 Å². The van der Waals surface area contributed by atoms with Crippen LogP contribution in [0.25, 0.3) is 5.52 Å². The molecule has 48 heavy (non-hydrogen) atoms. The van der Waals surface area contributed by atoms with E-state index < -0.39 is 51.8 Å². The quantitative estimate of drug-likeness (QED) is 0.225. The van der Waals surface area contributed by atoms with Gasteiger partial charge in [-0.15, -0.1) is 0 Å². The number of aromatic nitrogens is 1. The Kier molecular flexibility index (Phi) is 7.90. The van der Waals surface area contributed by atoms with Crippen LogP contribution in [0.5, 0.6) is 0 Å². The third kappa shape index (κ3) is 4.32. The van der Waals surface area contributed by atoms with E-state index >= 15 is 0 Å². The van der Waals surface area contributed by atoms with Crippen LogP contribution in [-0.2, 0) is 43.7 Å². The van der Waals surface area contributed by atoms with E-state index in [4.69, 9.17) is 24.0 Å². The number of methoxy groups -OCH3 is 4. The van der Waals surface area contributed by atoms with E-state index in [0.29, 0.717) is 27.8 Å². The van der Waals surface area contributed by atoms with E-state index in [9.17, 15) is 24.4 Å². The number of carbonyl (C=O) groups excluding carboxylic acids is 4. The van der Waals surface area contributed by atoms with Gasteiger partial charge in [-0.05, 0) is 30.2 Å². The first-order valence-corrected chi connectivity index (χ1v) is 14.6. The number of aryl methyl sites for hydroxylation is 1. The number of pyridine rings is 1. The lowest BCUT2D eigenvalue weighted by Crippen LogP contribution is -2.56. The number of carbonyl (C=O) groups is 4. The van der Waals surface area contributed by atoms with E-state index in [1.54, 1.807) is 65.2 Å². The molecular weight excluding hydrogens is 616 g/mol. The van der Waals surface area contributed by atoms with Gasteiger partial charge in [0.1, 0.15) is 28.6 Å². The summed E-state index contributed by atoms with van der Waals surface area (Å²) in [5.74, 6) is -4.38. The van der Waals surface area contributed by atoms with Crippen molar-refractivity contribution in [3.8, 4) is 6.07 Å². The number of benzene rings is 2. The van der Waals surface area contributed by atoms with Gasteiger partial charge in [-0.3, -0.25) is 0 Å². The molecule has 0 saturated heterocycles. The number of esters is 4. The van der Waals surface area contributed by atoms with Gasteiger partial charge in [0.05, 0.1) is 45.1 Å². The second-order valence-electron chi connectivity index (χ2n) is 10.8. The van der Waals surface area contributed by atoms with Crippen LogP contribution in [-0.4, -0.2) is 67.4 Å². The SMILES string of the molecule is COC(=O)C1=C(C(=O)OC)N2N=C(c3ccccc3)c3c(c4cc(C)ccn4c3C#N)C2(c2ccccc2)C(C(=O)OC)=C1C(=O)OC. The van der Waals surface area contributed by atoms with Crippen molar-refractivity contribution in [3.63, 3.8) is 0 Å². The van der Waals surface area contributed by atoms with Crippen molar-refractivity contribution in [2.24, 2.45) is 5.10 Å². The lowest BCUT2D eigenvalue weighted by Gasteiger charge is -2.49. The molecular formula is C36H28N4O8. The van der Waals surface area contributed by atoms with Crippen molar-refractivity contribution < 1.29 is 38.1 Å². The molecule has 2 aliphatic rings. The highest BCUT2D eigenvalue weighted by Crippen LogP contribution is 2.56. The Hall–Kier alpha value is -6.48. The van der Waals surface area contributed by atoms with Gasteiger partial charge in [-0.1, -0.05) is 60.7 Å². The van der Waals surface area contributed by atoms with Gasteiger partial charge < -0.3 is 23.3 Å². The molecule has 2 aliphatic heterocycles. The van der Waals surface area contributed by atoms with Crippen molar-refractivity contribution in [1.82, 2.24) is 9.41 Å². The topological polar surface area (TPSA) is 149 Å². The molecule has 2 aromatic carbocycles. The standard InChI is InChI=1S/C36H28N4O8/c1-20-16-17-39-23(18-20)28-25(24(39)19-37)30(21-12-8-6-9-13-21)38-40-31(35(44)48-5)27(33(42)46-3)26(32(41)45-2)29(34(43)47-4)36(28,40)22-14-10-7-11-15-22/h6-18H,1-5H3. The van der Waals surface area contributed by atoms with Gasteiger partial charge in [-0.25, -0.2) is 24.2 Å². The molecule has 0 radical (unpaired) electrons. The van der Waals surface area contributed by atoms with Crippen molar-refractivity contribution in [1.29, 1.82) is 5.26 Å². The number of hydrazone groups is 1. The maximum Gasteiger partial charge on any atom is 0.357 e. The molecule has 0 bridgehead atoms. The first-order valence-electron chi connectivity index (χ1n) is 14.6. The zero-order valence-electron chi connectivity index (χ0n) is 26.6. The Morgan fingerprint density at radius 1 is 0.771 bits per heavy atom. The molecule has 12 heteroatoms. The summed E-state index contributed by atoms with van der Waals surface area (Å²) in [5, 5.41) is 16.9. The first kappa shape index (κ1) is 31.5. The number of ether oxygens (including phenoxy) is 4. The Bertz CT molecular complexity index is 2170. The van der Waals surface area contributed by atoms with Crippen LogP contribution >= 0.6 is 0 Å². The average molecular weight is 645 g/mol. The van der Waals surface area contributed by atoms with Crippen LogP contribution in [0.1, 0.15) is 33.5 Å². The molecule has 0 N–H and O–H groups in total. The van der Waals surface area contributed by atoms with Crippen molar-refractivity contribution in [2.75, 3.05) is 28.4 Å². The summed E-state index contributed by atoms with van der Waals surface area (Å²) >= 11 is 0. The predicted octanol–water partition coefficient (Wildman–Crippen LogP) is 3.69. The molecule has 1 atom stereocenters. The lowest BCUT2D eigenvalue weighted by atomic mass is 9.68. The third-order valence-electron chi connectivity index (χ3n) is 8.41. The molecule has 2 aromatic heterocycles. The highest BCUT2D eigenvalue weighted by atomic mass is 16.5. The average Bonchev–Trinajstić information content (AvgIpc) is 3.46. The molecule has 240 valence electrons. The van der Waals surface area contributed by atoms with Crippen LogP contribution in [0, 0.1) is 18.3 Å². The summed E-state index contributed by atoms with van der Waals surface area (Å²) in [6.07, 6.45) is 1.72. The molecule has 12 nitrogen and oxygen atoms in total. The van der Waals surface area contributed by atoms with Crippen molar-refractivity contribution >= 4 is 35.1 Å². The maximum absolute atomic E-state index is 14.3. The van der Waals surface area contributed by atoms with Gasteiger partial charge in [0.25, 0.3) is 0 Å². The summed E-state index contributed by atoms with van der Waals surface area (Å²) in [7, 11) is 4.36. The Morgan fingerprint density at radius 2 is 1.35 bits per heavy atom. The van der Waals surface area contributed by atoms with E-state index in [2.05, 4.69) is 6.07 Å². The van der Waals surface area contributed by atoms with Gasteiger partial charge >= 0.3 is 23.9 Å². The van der Waals surface area contributed by atoms with Gasteiger partial charge in [0, 0.05) is 22.9 Å². The van der Waals surface area contributed by atoms with Crippen LogP contribution in [0.3, 0.4) is 0 Å². The highest BCUT2D eigenvalue weighted by Gasteiger charge is 2.61. The highest BCUT2D eigenvalue weighted by molar-refractivity contribution is 6.21. The number of rotatable bonds is 6. The van der Waals surface area contributed by atoms with E-state index in [1.807, 2.05) is 25.1 Å². The Morgan fingerprint density at radius 3 is 1.94 bits per heavy atom. The zero-order chi connectivity index (χ0) is 34.3. The van der Waals surface area contributed by atoms with Gasteiger partial charge in [-0.2, -0.15) is 10.4 Å². The molecule has 0 amide bonds. The molecule has 6 rings (SSSR count). The normalized spacial score (nSPS) is 16.8. The summed E-state index contributed by atoms with van der Waals surface area (Å²) < 4.78 is 22.5. The summed E-state index contributed by atoms with van der Waals surface area (Å²) in [6.45, 7) is 1.86. The molecule has 0 spiro atoms. The number of nitrogens with zero attached hydrogens (tertiary/aromatic N) is 4. The summed E-state index contributed by atoms with van der Waals surface area (Å²) in [6, 6.07) is 23.4. The number of hydrogen-bond acceptors (Lipinski definition) is 11. The van der Waals surface area contributed by atoms with E-state index in [1.165, 1.54) is 5.01 Å². The molecule has 0 saturated carbocycles. The van der Waals surface area contributed by atoms with Crippen molar-refractivity contribution in [2.45, 2.75) is 12.5 Å². The Labute approximate surface area is 274 Å². The maximum atomic E-state index is 14.3. The van der Waals surface area contributed by atoms with E-state index in [0.717, 1.165) is 34.0 Å². The molecule has 0 fully saturated rings. The molecule has 0 aliphatic carbocycles. The summed E-state index contributed by atoms with van der Waals surface area (Å²) in [4.78, 5) is 56.0. The fraction of sp³-hybridized carbons (Fsp3) is 0.167. The van der Waals surface area contributed by atoms with E-state index in [-0.39, 0.29) is 11.4 Å². The second kappa shape index (κ2) is 12.0. The number of hydrogen-bond donors (Lipinski definition) is 0. The summed E-state index contributed by atoms with van der Waals surface area (Å²) in [5.41, 5.74) is -0.945. The minimum absolute atomic E-state index is 0.170. The monoisotopic (exact) mass is 644 g/mol. The van der Waals surface area contributed by atoms with Gasteiger partial charge in [0.15, 0.2) is 5.70 Å².